The van der Waals surface area contributed by atoms with E-state index in [2.05, 4.69) is 31.5 Å². The largest absolute Gasteiger partial charge is 0.486 e. The molecule has 148 valence electrons. The molecule has 1 aromatic carbocycles. The number of nitrogens with one attached hydrogen (secondary N) is 1. The summed E-state index contributed by atoms with van der Waals surface area (Å²) in [5.41, 5.74) is 2.49. The van der Waals surface area contributed by atoms with Gasteiger partial charge < -0.3 is 14.6 Å². The maximum Gasteiger partial charge on any atom is 0.273 e. The summed E-state index contributed by atoms with van der Waals surface area (Å²) in [6.45, 7) is 6.40. The molecule has 0 atom stereocenters. The lowest BCUT2D eigenvalue weighted by Crippen LogP contribution is -2.29. The molecule has 2 heterocycles. The fourth-order valence-electron chi connectivity index (χ4n) is 2.70. The van der Waals surface area contributed by atoms with Crippen LogP contribution in [0, 0.1) is 26.6 Å². The highest BCUT2D eigenvalue weighted by Gasteiger charge is 2.20. The summed E-state index contributed by atoms with van der Waals surface area (Å²) < 4.78 is 27.1. The van der Waals surface area contributed by atoms with Crippen LogP contribution in [0.25, 0.3) is 0 Å². The zero-order valence-electron chi connectivity index (χ0n) is 15.8. The first-order valence-corrected chi connectivity index (χ1v) is 9.48. The first-order valence-electron chi connectivity index (χ1n) is 8.68. The van der Waals surface area contributed by atoms with E-state index < -0.39 is 5.82 Å². The molecule has 0 saturated heterocycles. The van der Waals surface area contributed by atoms with Gasteiger partial charge in [-0.1, -0.05) is 17.3 Å². The number of benzene rings is 1. The smallest absolute Gasteiger partial charge is 0.273 e. The van der Waals surface area contributed by atoms with Crippen LogP contribution >= 0.6 is 15.9 Å². The van der Waals surface area contributed by atoms with Gasteiger partial charge in [0.2, 0.25) is 0 Å². The minimum atomic E-state index is -0.473. The predicted octanol–water partition coefficient (Wildman–Crippen LogP) is 3.71. The van der Waals surface area contributed by atoms with Gasteiger partial charge in [-0.2, -0.15) is 5.10 Å². The predicted molar refractivity (Wildman–Crippen MR) is 104 cm³/mol. The molecule has 7 nitrogen and oxygen atoms in total. The van der Waals surface area contributed by atoms with Gasteiger partial charge >= 0.3 is 0 Å². The van der Waals surface area contributed by atoms with Crippen molar-refractivity contribution >= 4 is 21.8 Å². The number of aromatic nitrogens is 3. The van der Waals surface area contributed by atoms with E-state index in [0.717, 1.165) is 15.9 Å². The summed E-state index contributed by atoms with van der Waals surface area (Å²) >= 11 is 3.48. The number of hydrogen-bond donors (Lipinski definition) is 1. The molecule has 0 radical (unpaired) electrons. The Balaban J connectivity index is 1.62. The van der Waals surface area contributed by atoms with E-state index in [4.69, 9.17) is 9.26 Å². The van der Waals surface area contributed by atoms with E-state index in [1.165, 1.54) is 12.1 Å². The Morgan fingerprint density at radius 3 is 2.75 bits per heavy atom. The second kappa shape index (κ2) is 8.55. The summed E-state index contributed by atoms with van der Waals surface area (Å²) in [5.74, 6) is -0.309. The fourth-order valence-corrected chi connectivity index (χ4v) is 2.99. The van der Waals surface area contributed by atoms with Crippen molar-refractivity contribution in [3.8, 4) is 5.75 Å². The Labute approximate surface area is 170 Å². The number of aryl methyl sites for hydroxylation is 2. The second-order valence-electron chi connectivity index (χ2n) is 6.25. The molecule has 3 aromatic rings. The molecule has 1 amide bonds. The van der Waals surface area contributed by atoms with Crippen molar-refractivity contribution in [2.45, 2.75) is 33.9 Å². The number of halogens is 2. The molecule has 3 rings (SSSR count). The monoisotopic (exact) mass is 450 g/mol. The van der Waals surface area contributed by atoms with Crippen LogP contribution in [0.4, 0.5) is 4.39 Å². The zero-order chi connectivity index (χ0) is 20.3. The Morgan fingerprint density at radius 1 is 1.32 bits per heavy atom. The summed E-state index contributed by atoms with van der Waals surface area (Å²) in [4.78, 5) is 12.5. The van der Waals surface area contributed by atoms with Gasteiger partial charge in [0.25, 0.3) is 5.91 Å². The van der Waals surface area contributed by atoms with Crippen LogP contribution in [0.5, 0.6) is 5.75 Å². The topological polar surface area (TPSA) is 82.2 Å². The SMILES string of the molecule is Cc1nn(CCNC(=O)c2noc(C)c2COc2ccccc2F)c(C)c1Br. The first kappa shape index (κ1) is 20.1. The average Bonchev–Trinajstić information content (AvgIpc) is 3.16. The van der Waals surface area contributed by atoms with Gasteiger partial charge in [-0.3, -0.25) is 9.48 Å². The number of ether oxygens (including phenoxy) is 1. The Bertz CT molecular complexity index is 999. The summed E-state index contributed by atoms with van der Waals surface area (Å²) in [5, 5.41) is 11.0. The van der Waals surface area contributed by atoms with E-state index in [1.807, 2.05) is 18.5 Å². The fraction of sp³-hybridized carbons (Fsp3) is 0.316. The Hall–Kier alpha value is -2.68. The van der Waals surface area contributed by atoms with Crippen molar-refractivity contribution < 1.29 is 18.4 Å². The lowest BCUT2D eigenvalue weighted by molar-refractivity contribution is 0.0940. The van der Waals surface area contributed by atoms with Crippen LogP contribution in [-0.4, -0.2) is 27.4 Å². The van der Waals surface area contributed by atoms with Gasteiger partial charge in [0.1, 0.15) is 12.4 Å². The number of carbonyl (C=O) groups is 1. The molecule has 0 saturated carbocycles. The second-order valence-corrected chi connectivity index (χ2v) is 7.04. The van der Waals surface area contributed by atoms with Crippen molar-refractivity contribution in [3.63, 3.8) is 0 Å². The Kier molecular flexibility index (Phi) is 6.13. The molecule has 0 aliphatic carbocycles. The van der Waals surface area contributed by atoms with Crippen LogP contribution in [0.1, 0.15) is 33.2 Å². The molecule has 28 heavy (non-hydrogen) atoms. The molecule has 0 aliphatic heterocycles. The zero-order valence-corrected chi connectivity index (χ0v) is 17.3. The molecule has 2 aromatic heterocycles. The van der Waals surface area contributed by atoms with Crippen molar-refractivity contribution in [1.82, 2.24) is 20.3 Å². The number of carbonyl (C=O) groups excluding carboxylic acids is 1. The maximum atomic E-state index is 13.7. The molecule has 9 heteroatoms. The van der Waals surface area contributed by atoms with Crippen molar-refractivity contribution in [2.75, 3.05) is 6.54 Å². The quantitative estimate of drug-likeness (QED) is 0.593. The highest BCUT2D eigenvalue weighted by atomic mass is 79.9. The molecule has 0 fully saturated rings. The third-order valence-corrected chi connectivity index (χ3v) is 5.46. The lowest BCUT2D eigenvalue weighted by atomic mass is 10.2. The number of nitrogens with zero attached hydrogens (tertiary/aromatic N) is 3. The van der Waals surface area contributed by atoms with Gasteiger partial charge in [-0.15, -0.1) is 0 Å². The highest BCUT2D eigenvalue weighted by molar-refractivity contribution is 9.10. The van der Waals surface area contributed by atoms with Crippen LogP contribution in [0.2, 0.25) is 0 Å². The maximum absolute atomic E-state index is 13.7. The van der Waals surface area contributed by atoms with E-state index in [-0.39, 0.29) is 24.0 Å². The standard InChI is InChI=1S/C19H20BrFN4O3/c1-11-17(20)12(2)25(23-11)9-8-22-19(26)18-14(13(3)28-24-18)10-27-16-7-5-4-6-15(16)21/h4-7H,8-10H2,1-3H3,(H,22,26). The van der Waals surface area contributed by atoms with Crippen molar-refractivity contribution in [1.29, 1.82) is 0 Å². The van der Waals surface area contributed by atoms with Crippen molar-refractivity contribution in [2.24, 2.45) is 0 Å². The molecule has 0 unspecified atom stereocenters. The minimum absolute atomic E-state index is 0.0244. The van der Waals surface area contributed by atoms with Gasteiger partial charge in [0, 0.05) is 12.2 Å². The summed E-state index contributed by atoms with van der Waals surface area (Å²) in [7, 11) is 0. The Morgan fingerprint density at radius 2 is 2.07 bits per heavy atom. The van der Waals surface area contributed by atoms with E-state index >= 15 is 0 Å². The molecule has 0 spiro atoms. The van der Waals surface area contributed by atoms with Gasteiger partial charge in [0.15, 0.2) is 17.3 Å². The van der Waals surface area contributed by atoms with E-state index in [0.29, 0.717) is 24.4 Å². The third kappa shape index (κ3) is 4.24. The number of rotatable bonds is 7. The molecule has 1 N–H and O–H groups in total. The normalized spacial score (nSPS) is 10.9. The van der Waals surface area contributed by atoms with Crippen LogP contribution in [0.15, 0.2) is 33.3 Å². The van der Waals surface area contributed by atoms with Gasteiger partial charge in [-0.05, 0) is 48.8 Å². The van der Waals surface area contributed by atoms with Crippen LogP contribution in [-0.2, 0) is 13.2 Å². The molecular formula is C19H20BrFN4O3. The van der Waals surface area contributed by atoms with Crippen LogP contribution in [0.3, 0.4) is 0 Å². The minimum Gasteiger partial charge on any atom is -0.486 e. The van der Waals surface area contributed by atoms with Gasteiger partial charge in [0.05, 0.1) is 22.3 Å². The summed E-state index contributed by atoms with van der Waals surface area (Å²) in [6, 6.07) is 6.07. The molecule has 0 bridgehead atoms. The van der Waals surface area contributed by atoms with Crippen molar-refractivity contribution in [3.05, 3.63) is 63.0 Å². The van der Waals surface area contributed by atoms with Crippen LogP contribution < -0.4 is 10.1 Å². The lowest BCUT2D eigenvalue weighted by Gasteiger charge is -2.08. The van der Waals surface area contributed by atoms with E-state index in [1.54, 1.807) is 19.1 Å². The molecular weight excluding hydrogens is 431 g/mol. The molecule has 0 aliphatic rings. The number of amides is 1. The summed E-state index contributed by atoms with van der Waals surface area (Å²) in [6.07, 6.45) is 0. The first-order chi connectivity index (χ1) is 13.4. The number of hydrogen-bond acceptors (Lipinski definition) is 5. The number of para-hydroxylation sites is 1. The average molecular weight is 451 g/mol. The third-order valence-electron chi connectivity index (χ3n) is 4.31. The van der Waals surface area contributed by atoms with E-state index in [9.17, 15) is 9.18 Å². The van der Waals surface area contributed by atoms with Gasteiger partial charge in [-0.25, -0.2) is 4.39 Å². The highest BCUT2D eigenvalue weighted by Crippen LogP contribution is 2.21.